The third-order valence-corrected chi connectivity index (χ3v) is 11.8. The van der Waals surface area contributed by atoms with Crippen molar-refractivity contribution in [1.82, 2.24) is 0 Å². The van der Waals surface area contributed by atoms with Crippen molar-refractivity contribution in [2.24, 2.45) is 15.4 Å². The van der Waals surface area contributed by atoms with E-state index in [2.05, 4.69) is 6.07 Å². The minimum Gasteiger partial charge on any atom is -1.00 e. The summed E-state index contributed by atoms with van der Waals surface area (Å²) in [6.07, 6.45) is 0. The first-order valence-corrected chi connectivity index (χ1v) is 22.2. The number of primary sulfonamides is 3. The van der Waals surface area contributed by atoms with E-state index in [0.29, 0.717) is 37.9 Å². The normalized spacial score (nSPS) is 11.6. The first kappa shape index (κ1) is 61.0. The van der Waals surface area contributed by atoms with Gasteiger partial charge in [-0.05, 0) is 105 Å². The van der Waals surface area contributed by atoms with Crippen LogP contribution < -0.4 is 148 Å². The van der Waals surface area contributed by atoms with Gasteiger partial charge in [-0.25, -0.2) is 40.7 Å². The molecule has 0 bridgehead atoms. The Kier molecular flexibility index (Phi) is 28.4. The van der Waals surface area contributed by atoms with E-state index < -0.39 is 30.1 Å². The molecule has 0 spiro atoms. The minimum atomic E-state index is -3.77. The Balaban J connectivity index is -0.000000166. The van der Waals surface area contributed by atoms with Crippen LogP contribution in [0.4, 0.5) is 0 Å². The van der Waals surface area contributed by atoms with Gasteiger partial charge in [0.05, 0.1) is 26.3 Å². The summed E-state index contributed by atoms with van der Waals surface area (Å²) in [6.45, 7) is 23.1. The maximum atomic E-state index is 11.6. The number of nitrogens with zero attached hydrogens (tertiary/aromatic N) is 1. The van der Waals surface area contributed by atoms with Crippen molar-refractivity contribution in [1.29, 1.82) is 5.26 Å². The number of nitriles is 1. The Hall–Kier alpha value is 1.73. The third kappa shape index (κ3) is 18.3. The maximum Gasteiger partial charge on any atom is 1.00 e. The van der Waals surface area contributed by atoms with E-state index in [9.17, 15) is 25.3 Å². The Morgan fingerprint density at radius 1 is 0.473 bits per heavy atom. The molecule has 0 saturated carbocycles. The van der Waals surface area contributed by atoms with Gasteiger partial charge in [-0.15, -0.1) is 0 Å². The van der Waals surface area contributed by atoms with E-state index in [4.69, 9.17) is 43.9 Å². The van der Waals surface area contributed by atoms with Crippen LogP contribution in [-0.4, -0.2) is 25.3 Å². The summed E-state index contributed by atoms with van der Waals surface area (Å²) >= 11 is 12.3. The summed E-state index contributed by atoms with van der Waals surface area (Å²) in [5.74, 6) is 0.491. The molecule has 3 rings (SSSR count). The summed E-state index contributed by atoms with van der Waals surface area (Å²) in [5, 5.41) is 26.1. The van der Waals surface area contributed by atoms with Gasteiger partial charge < -0.3 is 4.28 Å². The molecule has 0 aliphatic heterocycles. The predicted molar refractivity (Wildman–Crippen MR) is 216 cm³/mol. The molecule has 6 N–H and O–H groups in total. The third-order valence-electron chi connectivity index (χ3n) is 8.21. The second kappa shape index (κ2) is 25.6. The molecule has 0 fully saturated rings. The number of hydrogen-bond donors (Lipinski definition) is 3. The van der Waals surface area contributed by atoms with Gasteiger partial charge in [0.25, 0.3) is 0 Å². The zero-order valence-corrected chi connectivity index (χ0v) is 47.2. The molecule has 0 unspecified atom stereocenters. The average Bonchev–Trinajstić information content (AvgIpc) is 2.98. The van der Waals surface area contributed by atoms with Crippen LogP contribution in [0.5, 0.6) is 0 Å². The second-order valence-corrected chi connectivity index (χ2v) is 19.9. The minimum absolute atomic E-state index is 0. The zero-order chi connectivity index (χ0) is 40.8. The smallest absolute Gasteiger partial charge is 1.00 e. The van der Waals surface area contributed by atoms with Crippen LogP contribution in [-0.2, 0) is 30.1 Å². The number of sulfonamides is 3. The van der Waals surface area contributed by atoms with Gasteiger partial charge in [-0.3, -0.25) is 0 Å². The van der Waals surface area contributed by atoms with E-state index in [0.717, 1.165) is 11.1 Å². The first-order valence-electron chi connectivity index (χ1n) is 16.8. The largest absolute Gasteiger partial charge is 1.00 e. The van der Waals surface area contributed by atoms with Crippen molar-refractivity contribution >= 4 is 53.3 Å². The molecule has 0 amide bonds. The van der Waals surface area contributed by atoms with Crippen molar-refractivity contribution in [3.8, 4) is 6.07 Å². The van der Waals surface area contributed by atoms with Gasteiger partial charge in [-0.2, -0.15) is 5.26 Å². The van der Waals surface area contributed by atoms with Gasteiger partial charge in [0.2, 0.25) is 30.1 Å². The summed E-state index contributed by atoms with van der Waals surface area (Å²) in [5.41, 5.74) is 4.77. The monoisotopic (exact) mass is 920 g/mol. The van der Waals surface area contributed by atoms with E-state index in [1.165, 1.54) is 6.07 Å². The van der Waals surface area contributed by atoms with Crippen molar-refractivity contribution in [3.63, 3.8) is 0 Å². The molecule has 55 heavy (non-hydrogen) atoms. The van der Waals surface area contributed by atoms with Gasteiger partial charge in [-0.1, -0.05) is 106 Å². The number of halogens is 2. The van der Waals surface area contributed by atoms with Crippen molar-refractivity contribution in [3.05, 3.63) is 85.4 Å². The van der Waals surface area contributed by atoms with Crippen LogP contribution >= 0.6 is 23.2 Å². The molecule has 0 atom stereocenters. The van der Waals surface area contributed by atoms with Crippen LogP contribution in [0.2, 0.25) is 10.0 Å². The van der Waals surface area contributed by atoms with Gasteiger partial charge in [0.15, 0.2) is 0 Å². The molecule has 10 nitrogen and oxygen atoms in total. The molecular weight excluding hydrogens is 865 g/mol. The van der Waals surface area contributed by atoms with Gasteiger partial charge in [0, 0.05) is 10.0 Å². The fraction of sp³-hybridized carbons (Fsp3) is 0.486. The van der Waals surface area contributed by atoms with E-state index in [1.807, 2.05) is 83.1 Å². The average molecular weight is 922 g/mol. The molecule has 0 aliphatic rings. The zero-order valence-electron chi connectivity index (χ0n) is 38.0. The molecule has 18 heteroatoms. The van der Waals surface area contributed by atoms with Crippen LogP contribution in [0, 0.1) is 11.3 Å². The van der Waals surface area contributed by atoms with Gasteiger partial charge >= 0.3 is 132 Å². The number of benzene rings is 3. The number of nitrogens with two attached hydrogens (primary N) is 3. The molecular formula is C37H57Cl2K2N4NaO6S3. The quantitative estimate of drug-likeness (QED) is 0.256. The molecule has 0 radical (unpaired) electrons. The summed E-state index contributed by atoms with van der Waals surface area (Å²) < 4.78 is 69.6. The predicted octanol–water partition coefficient (Wildman–Crippen LogP) is 0.270. The van der Waals surface area contributed by atoms with Crippen LogP contribution in [0.15, 0.2) is 51.1 Å². The van der Waals surface area contributed by atoms with Crippen molar-refractivity contribution < 1.29 is 162 Å². The molecule has 296 valence electrons. The van der Waals surface area contributed by atoms with E-state index in [-0.39, 0.29) is 187 Å². The first-order chi connectivity index (χ1) is 23.5. The number of hydrogen-bond acceptors (Lipinski definition) is 7. The molecule has 3 aromatic rings. The van der Waals surface area contributed by atoms with E-state index in [1.54, 1.807) is 30.3 Å². The van der Waals surface area contributed by atoms with Crippen LogP contribution in [0.25, 0.3) is 0 Å². The summed E-state index contributed by atoms with van der Waals surface area (Å²) in [6, 6.07) is 11.9. The fourth-order valence-corrected chi connectivity index (χ4v) is 8.86. The topological polar surface area (TPSA) is 204 Å². The summed E-state index contributed by atoms with van der Waals surface area (Å²) in [7, 11) is -11.2. The Morgan fingerprint density at radius 3 is 0.891 bits per heavy atom. The van der Waals surface area contributed by atoms with E-state index >= 15 is 0 Å². The molecule has 3 aromatic carbocycles. The molecule has 0 heterocycles. The maximum absolute atomic E-state index is 11.6. The molecule has 0 aliphatic carbocycles. The Morgan fingerprint density at radius 2 is 0.691 bits per heavy atom. The summed E-state index contributed by atoms with van der Waals surface area (Å²) in [4.78, 5) is 0.487. The van der Waals surface area contributed by atoms with Crippen molar-refractivity contribution in [2.45, 2.75) is 133 Å². The molecule has 0 aromatic heterocycles. The Bertz CT molecular complexity index is 2060. The second-order valence-electron chi connectivity index (χ2n) is 14.5. The Labute approximate surface area is 453 Å². The van der Waals surface area contributed by atoms with Crippen molar-refractivity contribution in [2.75, 3.05) is 0 Å². The van der Waals surface area contributed by atoms with Crippen LogP contribution in [0.1, 0.15) is 162 Å². The van der Waals surface area contributed by atoms with Crippen LogP contribution in [0.3, 0.4) is 0 Å². The standard InChI is InChI=1S/C13H18N2O2S.2C12H18ClNO2S.2K.Na.3H/c1-8(2)11-6-13(18(15,16)17)12(9(3)4)5-10(11)7-14;2*1-7(2)9-6-12(17(14,15)16)10(8(3)4)5-11(9)13;;;;;;/h5-6,8-9H,1-4H3,(H2,15,16,17);2*5-8H,1-4H3,(H2,14,15,16);;;;;;/q;;;3*+1;3*-1. The SMILES string of the molecule is CC(C)c1cc(S(N)(=O)=O)c(C(C)C)cc1C#N.CC(C)c1cc(S(N)(=O)=O)c(C(C)C)cc1Cl.CC(C)c1cc(S(N)(=O)=O)c(C(C)C)cc1Cl.[H-].[H-].[H-].[K+].[K+].[Na+]. The van der Waals surface area contributed by atoms with Gasteiger partial charge in [0.1, 0.15) is 0 Å². The number of rotatable bonds is 9. The molecule has 0 saturated heterocycles. The fourth-order valence-electron chi connectivity index (χ4n) is 5.33.